The SMILES string of the molecule is COc1cc(/C=C2/C(=O)NC(=O)N(c3ccccc3F)C2=O)cc(Cl)c1OCc1ccc(C)cc1. The first kappa shape index (κ1) is 24.0. The van der Waals surface area contributed by atoms with E-state index in [2.05, 4.69) is 5.32 Å². The first-order valence-corrected chi connectivity index (χ1v) is 10.9. The molecule has 0 bridgehead atoms. The number of benzene rings is 3. The van der Waals surface area contributed by atoms with Crippen LogP contribution >= 0.6 is 11.6 Å². The number of hydrogen-bond acceptors (Lipinski definition) is 5. The van der Waals surface area contributed by atoms with Crippen molar-refractivity contribution in [1.82, 2.24) is 5.32 Å². The maximum absolute atomic E-state index is 14.3. The van der Waals surface area contributed by atoms with Crippen LogP contribution in [0.3, 0.4) is 0 Å². The average Bonchev–Trinajstić information content (AvgIpc) is 2.83. The Labute approximate surface area is 205 Å². The van der Waals surface area contributed by atoms with Gasteiger partial charge in [-0.25, -0.2) is 14.1 Å². The smallest absolute Gasteiger partial charge is 0.336 e. The number of methoxy groups -OCH3 is 1. The second-order valence-electron chi connectivity index (χ2n) is 7.72. The van der Waals surface area contributed by atoms with E-state index < -0.39 is 23.7 Å². The van der Waals surface area contributed by atoms with Crippen LogP contribution in [-0.4, -0.2) is 25.0 Å². The van der Waals surface area contributed by atoms with Crippen molar-refractivity contribution in [2.45, 2.75) is 13.5 Å². The topological polar surface area (TPSA) is 84.9 Å². The molecule has 178 valence electrons. The molecule has 1 N–H and O–H groups in total. The third-order valence-corrected chi connectivity index (χ3v) is 5.54. The maximum atomic E-state index is 14.3. The highest BCUT2D eigenvalue weighted by Crippen LogP contribution is 2.38. The fraction of sp³-hybridized carbons (Fsp3) is 0.115. The van der Waals surface area contributed by atoms with Crippen LogP contribution in [0.15, 0.2) is 66.2 Å². The zero-order valence-electron chi connectivity index (χ0n) is 18.8. The van der Waals surface area contributed by atoms with Crippen molar-refractivity contribution in [2.24, 2.45) is 0 Å². The Morgan fingerprint density at radius 2 is 1.77 bits per heavy atom. The molecule has 0 spiro atoms. The van der Waals surface area contributed by atoms with Gasteiger partial charge >= 0.3 is 6.03 Å². The van der Waals surface area contributed by atoms with E-state index in [1.165, 1.54) is 43.5 Å². The summed E-state index contributed by atoms with van der Waals surface area (Å²) in [5.41, 5.74) is 1.75. The molecule has 4 rings (SSSR count). The molecule has 1 fully saturated rings. The molecule has 3 aromatic carbocycles. The van der Waals surface area contributed by atoms with Crippen molar-refractivity contribution >= 4 is 41.2 Å². The highest BCUT2D eigenvalue weighted by Gasteiger charge is 2.38. The molecule has 0 aromatic heterocycles. The van der Waals surface area contributed by atoms with Gasteiger partial charge in [-0.1, -0.05) is 53.6 Å². The van der Waals surface area contributed by atoms with Crippen LogP contribution in [0.4, 0.5) is 14.9 Å². The molecule has 0 aliphatic carbocycles. The first-order valence-electron chi connectivity index (χ1n) is 10.5. The van der Waals surface area contributed by atoms with Crippen molar-refractivity contribution in [1.29, 1.82) is 0 Å². The lowest BCUT2D eigenvalue weighted by molar-refractivity contribution is -0.122. The normalized spacial score (nSPS) is 14.8. The second-order valence-corrected chi connectivity index (χ2v) is 8.12. The minimum absolute atomic E-state index is 0.189. The number of anilines is 1. The molecule has 3 aromatic rings. The second kappa shape index (κ2) is 9.99. The highest BCUT2D eigenvalue weighted by molar-refractivity contribution is 6.39. The van der Waals surface area contributed by atoms with Gasteiger partial charge in [0.15, 0.2) is 11.5 Å². The maximum Gasteiger partial charge on any atom is 0.336 e. The van der Waals surface area contributed by atoms with Crippen LogP contribution in [0.5, 0.6) is 11.5 Å². The molecule has 0 saturated carbocycles. The van der Waals surface area contributed by atoms with Gasteiger partial charge in [-0.2, -0.15) is 0 Å². The largest absolute Gasteiger partial charge is 0.493 e. The fourth-order valence-corrected chi connectivity index (χ4v) is 3.75. The molecule has 1 aliphatic heterocycles. The third kappa shape index (κ3) is 5.02. The Morgan fingerprint density at radius 1 is 1.06 bits per heavy atom. The fourth-order valence-electron chi connectivity index (χ4n) is 3.48. The standard InChI is InChI=1S/C26H20ClFN2O5/c1-15-7-9-16(10-8-15)14-35-23-19(27)12-17(13-22(23)34-2)11-18-24(31)29-26(33)30(25(18)32)21-6-4-3-5-20(21)28/h3-13H,14H2,1-2H3,(H,29,31,33)/b18-11-. The summed E-state index contributed by atoms with van der Waals surface area (Å²) >= 11 is 6.43. The van der Waals surface area contributed by atoms with E-state index in [-0.39, 0.29) is 28.6 Å². The van der Waals surface area contributed by atoms with E-state index >= 15 is 0 Å². The molecular weight excluding hydrogens is 475 g/mol. The molecule has 4 amide bonds. The summed E-state index contributed by atoms with van der Waals surface area (Å²) in [6, 6.07) is 15.0. The predicted octanol–water partition coefficient (Wildman–Crippen LogP) is 5.04. The number of aryl methyl sites for hydroxylation is 1. The number of carbonyl (C=O) groups excluding carboxylic acids is 3. The Morgan fingerprint density at radius 3 is 2.46 bits per heavy atom. The number of para-hydroxylation sites is 1. The van der Waals surface area contributed by atoms with E-state index in [9.17, 15) is 18.8 Å². The minimum Gasteiger partial charge on any atom is -0.493 e. The lowest BCUT2D eigenvalue weighted by atomic mass is 10.1. The summed E-state index contributed by atoms with van der Waals surface area (Å²) in [5, 5.41) is 2.25. The molecule has 1 aliphatic rings. The number of nitrogens with one attached hydrogen (secondary N) is 1. The highest BCUT2D eigenvalue weighted by atomic mass is 35.5. The Kier molecular flexibility index (Phi) is 6.84. The summed E-state index contributed by atoms with van der Waals surface area (Å²) in [5.74, 6) is -2.10. The average molecular weight is 495 g/mol. The molecule has 1 saturated heterocycles. The number of hydrogen-bond donors (Lipinski definition) is 1. The molecule has 35 heavy (non-hydrogen) atoms. The third-order valence-electron chi connectivity index (χ3n) is 5.26. The van der Waals surface area contributed by atoms with E-state index in [1.54, 1.807) is 0 Å². The number of carbonyl (C=O) groups is 3. The minimum atomic E-state index is -1.04. The van der Waals surface area contributed by atoms with Gasteiger partial charge in [0, 0.05) is 0 Å². The molecular formula is C26H20ClFN2O5. The van der Waals surface area contributed by atoms with E-state index in [0.29, 0.717) is 16.2 Å². The van der Waals surface area contributed by atoms with E-state index in [4.69, 9.17) is 21.1 Å². The molecule has 7 nitrogen and oxygen atoms in total. The monoisotopic (exact) mass is 494 g/mol. The lowest BCUT2D eigenvalue weighted by Gasteiger charge is -2.26. The van der Waals surface area contributed by atoms with Crippen LogP contribution < -0.4 is 19.7 Å². The quantitative estimate of drug-likeness (QED) is 0.383. The van der Waals surface area contributed by atoms with Gasteiger partial charge in [-0.15, -0.1) is 0 Å². The zero-order valence-corrected chi connectivity index (χ0v) is 19.6. The number of urea groups is 1. The van der Waals surface area contributed by atoms with Crippen LogP contribution in [-0.2, 0) is 16.2 Å². The van der Waals surface area contributed by atoms with Crippen molar-refractivity contribution in [3.05, 3.63) is 93.8 Å². The van der Waals surface area contributed by atoms with Gasteiger partial charge in [0.1, 0.15) is 18.0 Å². The number of rotatable bonds is 6. The molecule has 9 heteroatoms. The summed E-state index contributed by atoms with van der Waals surface area (Å²) < 4.78 is 25.5. The number of ether oxygens (including phenoxy) is 2. The molecule has 0 atom stereocenters. The van der Waals surface area contributed by atoms with Gasteiger partial charge in [0.25, 0.3) is 11.8 Å². The van der Waals surface area contributed by atoms with Crippen molar-refractivity contribution < 1.29 is 28.2 Å². The Bertz CT molecular complexity index is 1350. The predicted molar refractivity (Wildman–Crippen MR) is 129 cm³/mol. The Hall–Kier alpha value is -4.17. The van der Waals surface area contributed by atoms with E-state index in [0.717, 1.165) is 17.2 Å². The number of halogens is 2. The van der Waals surface area contributed by atoms with Gasteiger partial charge in [-0.05, 0) is 48.4 Å². The van der Waals surface area contributed by atoms with Crippen LogP contribution in [0, 0.1) is 12.7 Å². The molecule has 1 heterocycles. The van der Waals surface area contributed by atoms with Gasteiger partial charge < -0.3 is 9.47 Å². The first-order chi connectivity index (χ1) is 16.8. The number of barbiturate groups is 1. The summed E-state index contributed by atoms with van der Waals surface area (Å²) in [4.78, 5) is 38.3. The zero-order chi connectivity index (χ0) is 25.1. The number of nitrogens with zero attached hydrogens (tertiary/aromatic N) is 1. The van der Waals surface area contributed by atoms with Gasteiger partial charge in [0.2, 0.25) is 0 Å². The van der Waals surface area contributed by atoms with Crippen LogP contribution in [0.1, 0.15) is 16.7 Å². The summed E-state index contributed by atoms with van der Waals surface area (Å²) in [6.45, 7) is 2.23. The lowest BCUT2D eigenvalue weighted by Crippen LogP contribution is -2.54. The van der Waals surface area contributed by atoms with Crippen LogP contribution in [0.25, 0.3) is 6.08 Å². The van der Waals surface area contributed by atoms with Crippen molar-refractivity contribution in [3.8, 4) is 11.5 Å². The summed E-state index contributed by atoms with van der Waals surface area (Å²) in [6.07, 6.45) is 1.25. The number of imide groups is 2. The van der Waals surface area contributed by atoms with Crippen LogP contribution in [0.2, 0.25) is 5.02 Å². The van der Waals surface area contributed by atoms with E-state index in [1.807, 2.05) is 31.2 Å². The Balaban J connectivity index is 1.64. The van der Waals surface area contributed by atoms with Crippen molar-refractivity contribution in [3.63, 3.8) is 0 Å². The summed E-state index contributed by atoms with van der Waals surface area (Å²) in [7, 11) is 1.43. The number of amides is 4. The van der Waals surface area contributed by atoms with Crippen molar-refractivity contribution in [2.75, 3.05) is 12.0 Å². The molecule has 0 radical (unpaired) electrons. The van der Waals surface area contributed by atoms with Gasteiger partial charge in [-0.3, -0.25) is 14.9 Å². The van der Waals surface area contributed by atoms with Gasteiger partial charge in [0.05, 0.1) is 17.8 Å². The molecule has 0 unspecified atom stereocenters.